The SMILES string of the molecule is CCCCC/C=C/C1CCCC(=O)C1. The molecule has 80 valence electrons. The molecule has 0 radical (unpaired) electrons. The number of hydrogen-bond donors (Lipinski definition) is 0. The van der Waals surface area contributed by atoms with Crippen molar-refractivity contribution in [3.8, 4) is 0 Å². The van der Waals surface area contributed by atoms with Gasteiger partial charge in [-0.2, -0.15) is 0 Å². The van der Waals surface area contributed by atoms with Gasteiger partial charge in [0.15, 0.2) is 0 Å². The molecular formula is C13H22O. The van der Waals surface area contributed by atoms with Crippen LogP contribution >= 0.6 is 0 Å². The molecular weight excluding hydrogens is 172 g/mol. The smallest absolute Gasteiger partial charge is 0.133 e. The second-order valence-corrected chi connectivity index (χ2v) is 4.32. The lowest BCUT2D eigenvalue weighted by atomic mass is 9.88. The Hall–Kier alpha value is -0.590. The fourth-order valence-corrected chi connectivity index (χ4v) is 2.02. The van der Waals surface area contributed by atoms with E-state index in [1.807, 2.05) is 0 Å². The lowest BCUT2D eigenvalue weighted by Gasteiger charge is -2.16. The third kappa shape index (κ3) is 4.59. The van der Waals surface area contributed by atoms with Gasteiger partial charge in [0.2, 0.25) is 0 Å². The molecule has 1 aliphatic carbocycles. The second-order valence-electron chi connectivity index (χ2n) is 4.32. The van der Waals surface area contributed by atoms with Crippen molar-refractivity contribution in [3.05, 3.63) is 12.2 Å². The first-order valence-electron chi connectivity index (χ1n) is 6.01. The molecule has 0 spiro atoms. The number of allylic oxidation sites excluding steroid dienone is 2. The molecule has 1 rings (SSSR count). The zero-order valence-corrected chi connectivity index (χ0v) is 9.30. The summed E-state index contributed by atoms with van der Waals surface area (Å²) in [6, 6.07) is 0. The Kier molecular flexibility index (Phi) is 5.58. The van der Waals surface area contributed by atoms with Crippen molar-refractivity contribution in [1.82, 2.24) is 0 Å². The average molecular weight is 194 g/mol. The van der Waals surface area contributed by atoms with Crippen molar-refractivity contribution in [3.63, 3.8) is 0 Å². The van der Waals surface area contributed by atoms with E-state index in [-0.39, 0.29) is 0 Å². The standard InChI is InChI=1S/C13H22O/c1-2-3-4-5-6-8-12-9-7-10-13(14)11-12/h6,8,12H,2-5,7,9-11H2,1H3/b8-6+. The van der Waals surface area contributed by atoms with E-state index in [9.17, 15) is 4.79 Å². The summed E-state index contributed by atoms with van der Waals surface area (Å²) < 4.78 is 0. The van der Waals surface area contributed by atoms with E-state index < -0.39 is 0 Å². The molecule has 1 fully saturated rings. The summed E-state index contributed by atoms with van der Waals surface area (Å²) >= 11 is 0. The van der Waals surface area contributed by atoms with Crippen molar-refractivity contribution < 1.29 is 4.79 Å². The third-order valence-electron chi connectivity index (χ3n) is 2.90. The van der Waals surface area contributed by atoms with E-state index in [2.05, 4.69) is 19.1 Å². The Morgan fingerprint density at radius 3 is 3.00 bits per heavy atom. The molecule has 1 unspecified atom stereocenters. The maximum absolute atomic E-state index is 11.2. The normalized spacial score (nSPS) is 23.2. The highest BCUT2D eigenvalue weighted by molar-refractivity contribution is 5.79. The predicted octanol–water partition coefficient (Wildman–Crippen LogP) is 3.88. The Morgan fingerprint density at radius 2 is 2.29 bits per heavy atom. The van der Waals surface area contributed by atoms with Gasteiger partial charge in [-0.15, -0.1) is 0 Å². The minimum atomic E-state index is 0.458. The maximum Gasteiger partial charge on any atom is 0.133 e. The first kappa shape index (κ1) is 11.5. The van der Waals surface area contributed by atoms with Crippen LogP contribution in [0.3, 0.4) is 0 Å². The number of carbonyl (C=O) groups is 1. The number of rotatable bonds is 5. The molecule has 1 heteroatoms. The van der Waals surface area contributed by atoms with Crippen LogP contribution in [-0.2, 0) is 4.79 Å². The number of unbranched alkanes of at least 4 members (excludes halogenated alkanes) is 3. The molecule has 1 nitrogen and oxygen atoms in total. The minimum absolute atomic E-state index is 0.458. The zero-order chi connectivity index (χ0) is 10.2. The van der Waals surface area contributed by atoms with Gasteiger partial charge in [-0.05, 0) is 31.6 Å². The van der Waals surface area contributed by atoms with Gasteiger partial charge in [-0.25, -0.2) is 0 Å². The summed E-state index contributed by atoms with van der Waals surface area (Å²) in [7, 11) is 0. The van der Waals surface area contributed by atoms with Crippen molar-refractivity contribution in [2.45, 2.75) is 58.3 Å². The molecule has 0 aromatic carbocycles. The van der Waals surface area contributed by atoms with Crippen LogP contribution in [0.15, 0.2) is 12.2 Å². The number of ketones is 1. The maximum atomic E-state index is 11.2. The Balaban J connectivity index is 2.12. The molecule has 1 aliphatic rings. The number of hydrogen-bond acceptors (Lipinski definition) is 1. The molecule has 0 aliphatic heterocycles. The van der Waals surface area contributed by atoms with Crippen molar-refractivity contribution >= 4 is 5.78 Å². The van der Waals surface area contributed by atoms with Crippen LogP contribution in [0.4, 0.5) is 0 Å². The summed E-state index contributed by atoms with van der Waals surface area (Å²) in [6.07, 6.45) is 13.6. The minimum Gasteiger partial charge on any atom is -0.300 e. The molecule has 0 aromatic rings. The predicted molar refractivity (Wildman–Crippen MR) is 60.2 cm³/mol. The van der Waals surface area contributed by atoms with E-state index in [0.717, 1.165) is 19.3 Å². The Bertz CT molecular complexity index is 193. The van der Waals surface area contributed by atoms with E-state index in [1.165, 1.54) is 32.1 Å². The monoisotopic (exact) mass is 194 g/mol. The highest BCUT2D eigenvalue weighted by Crippen LogP contribution is 2.22. The van der Waals surface area contributed by atoms with Gasteiger partial charge in [0.25, 0.3) is 0 Å². The largest absolute Gasteiger partial charge is 0.300 e. The van der Waals surface area contributed by atoms with E-state index in [4.69, 9.17) is 0 Å². The van der Waals surface area contributed by atoms with Crippen LogP contribution in [-0.4, -0.2) is 5.78 Å². The zero-order valence-electron chi connectivity index (χ0n) is 9.30. The highest BCUT2D eigenvalue weighted by atomic mass is 16.1. The molecule has 0 N–H and O–H groups in total. The molecule has 0 heterocycles. The van der Waals surface area contributed by atoms with Crippen LogP contribution in [0.1, 0.15) is 58.3 Å². The lowest BCUT2D eigenvalue weighted by molar-refractivity contribution is -0.121. The summed E-state index contributed by atoms with van der Waals surface area (Å²) in [5.74, 6) is 1.01. The van der Waals surface area contributed by atoms with E-state index >= 15 is 0 Å². The van der Waals surface area contributed by atoms with Gasteiger partial charge < -0.3 is 0 Å². The first-order chi connectivity index (χ1) is 6.83. The number of carbonyl (C=O) groups excluding carboxylic acids is 1. The van der Waals surface area contributed by atoms with E-state index in [1.54, 1.807) is 0 Å². The Morgan fingerprint density at radius 1 is 1.43 bits per heavy atom. The van der Waals surface area contributed by atoms with Gasteiger partial charge in [0, 0.05) is 12.8 Å². The van der Waals surface area contributed by atoms with Crippen molar-refractivity contribution in [2.24, 2.45) is 5.92 Å². The second kappa shape index (κ2) is 6.80. The van der Waals surface area contributed by atoms with Crippen LogP contribution in [0.25, 0.3) is 0 Å². The average Bonchev–Trinajstić information content (AvgIpc) is 2.18. The van der Waals surface area contributed by atoms with Gasteiger partial charge in [-0.3, -0.25) is 4.79 Å². The molecule has 1 saturated carbocycles. The van der Waals surface area contributed by atoms with Crippen molar-refractivity contribution in [1.29, 1.82) is 0 Å². The number of Topliss-reactive ketones (excluding diaryl/α,β-unsaturated/α-hetero) is 1. The molecule has 14 heavy (non-hydrogen) atoms. The summed E-state index contributed by atoms with van der Waals surface area (Å²) in [5, 5.41) is 0. The summed E-state index contributed by atoms with van der Waals surface area (Å²) in [5.41, 5.74) is 0. The highest BCUT2D eigenvalue weighted by Gasteiger charge is 2.16. The summed E-state index contributed by atoms with van der Waals surface area (Å²) in [6.45, 7) is 2.23. The topological polar surface area (TPSA) is 17.1 Å². The van der Waals surface area contributed by atoms with Gasteiger partial charge >= 0.3 is 0 Å². The molecule has 1 atom stereocenters. The summed E-state index contributed by atoms with van der Waals surface area (Å²) in [4.78, 5) is 11.2. The molecule has 0 amide bonds. The fraction of sp³-hybridized carbons (Fsp3) is 0.769. The van der Waals surface area contributed by atoms with Crippen LogP contribution in [0.5, 0.6) is 0 Å². The van der Waals surface area contributed by atoms with Gasteiger partial charge in [-0.1, -0.05) is 31.9 Å². The van der Waals surface area contributed by atoms with Gasteiger partial charge in [0.05, 0.1) is 0 Å². The van der Waals surface area contributed by atoms with Crippen molar-refractivity contribution in [2.75, 3.05) is 0 Å². The first-order valence-corrected chi connectivity index (χ1v) is 6.01. The van der Waals surface area contributed by atoms with Crippen LogP contribution in [0.2, 0.25) is 0 Å². The Labute approximate surface area is 87.6 Å². The molecule has 0 saturated heterocycles. The molecule has 0 bridgehead atoms. The van der Waals surface area contributed by atoms with E-state index in [0.29, 0.717) is 11.7 Å². The van der Waals surface area contributed by atoms with Crippen LogP contribution < -0.4 is 0 Å². The lowest BCUT2D eigenvalue weighted by Crippen LogP contribution is -2.12. The third-order valence-corrected chi connectivity index (χ3v) is 2.90. The molecule has 0 aromatic heterocycles. The van der Waals surface area contributed by atoms with Gasteiger partial charge in [0.1, 0.15) is 5.78 Å². The van der Waals surface area contributed by atoms with Crippen LogP contribution in [0, 0.1) is 5.92 Å². The fourth-order valence-electron chi connectivity index (χ4n) is 2.02. The quantitative estimate of drug-likeness (QED) is 0.479.